The SMILES string of the molecule is O=C(COCc1ccccc1)NC(c1ccccc1)C1CCCC1. The summed E-state index contributed by atoms with van der Waals surface area (Å²) in [6.07, 6.45) is 4.89. The molecule has 3 nitrogen and oxygen atoms in total. The maximum absolute atomic E-state index is 12.3. The highest BCUT2D eigenvalue weighted by Gasteiger charge is 2.27. The fourth-order valence-corrected chi connectivity index (χ4v) is 3.48. The molecule has 3 heteroatoms. The van der Waals surface area contributed by atoms with Gasteiger partial charge >= 0.3 is 0 Å². The molecule has 0 saturated heterocycles. The van der Waals surface area contributed by atoms with E-state index in [9.17, 15) is 4.79 Å². The number of ether oxygens (including phenoxy) is 1. The Kier molecular flexibility index (Phi) is 6.02. The van der Waals surface area contributed by atoms with Crippen molar-refractivity contribution in [2.45, 2.75) is 38.3 Å². The largest absolute Gasteiger partial charge is 0.367 e. The highest BCUT2D eigenvalue weighted by atomic mass is 16.5. The van der Waals surface area contributed by atoms with Gasteiger partial charge in [0.25, 0.3) is 0 Å². The van der Waals surface area contributed by atoms with Gasteiger partial charge in [-0.2, -0.15) is 0 Å². The van der Waals surface area contributed by atoms with Gasteiger partial charge in [0, 0.05) is 0 Å². The summed E-state index contributed by atoms with van der Waals surface area (Å²) in [6.45, 7) is 0.568. The zero-order chi connectivity index (χ0) is 16.6. The van der Waals surface area contributed by atoms with Crippen LogP contribution in [0.3, 0.4) is 0 Å². The minimum Gasteiger partial charge on any atom is -0.367 e. The third-order valence-corrected chi connectivity index (χ3v) is 4.69. The minimum absolute atomic E-state index is 0.0355. The maximum Gasteiger partial charge on any atom is 0.246 e. The summed E-state index contributed by atoms with van der Waals surface area (Å²) in [4.78, 5) is 12.3. The molecule has 0 aromatic heterocycles. The van der Waals surface area contributed by atoms with E-state index in [-0.39, 0.29) is 18.6 Å². The highest BCUT2D eigenvalue weighted by molar-refractivity contribution is 5.77. The molecule has 2 aromatic rings. The molecule has 1 unspecified atom stereocenters. The molecule has 0 bridgehead atoms. The van der Waals surface area contributed by atoms with Gasteiger partial charge in [-0.25, -0.2) is 0 Å². The van der Waals surface area contributed by atoms with Crippen LogP contribution in [0.1, 0.15) is 42.9 Å². The lowest BCUT2D eigenvalue weighted by molar-refractivity contribution is -0.127. The van der Waals surface area contributed by atoms with Crippen LogP contribution in [0.2, 0.25) is 0 Å². The molecule has 1 amide bonds. The summed E-state index contributed by atoms with van der Waals surface area (Å²) >= 11 is 0. The molecule has 0 aliphatic heterocycles. The van der Waals surface area contributed by atoms with E-state index in [0.717, 1.165) is 5.56 Å². The molecule has 1 aliphatic rings. The Balaban J connectivity index is 1.55. The van der Waals surface area contributed by atoms with Crippen molar-refractivity contribution in [3.8, 4) is 0 Å². The molecule has 0 spiro atoms. The van der Waals surface area contributed by atoms with Gasteiger partial charge in [0.15, 0.2) is 0 Å². The topological polar surface area (TPSA) is 38.3 Å². The van der Waals surface area contributed by atoms with Gasteiger partial charge in [-0.05, 0) is 29.9 Å². The van der Waals surface area contributed by atoms with Crippen molar-refractivity contribution in [2.75, 3.05) is 6.61 Å². The lowest BCUT2D eigenvalue weighted by Gasteiger charge is -2.25. The smallest absolute Gasteiger partial charge is 0.246 e. The van der Waals surface area contributed by atoms with E-state index in [4.69, 9.17) is 4.74 Å². The molecule has 24 heavy (non-hydrogen) atoms. The predicted molar refractivity (Wildman–Crippen MR) is 95.4 cm³/mol. The Morgan fingerprint density at radius 3 is 2.29 bits per heavy atom. The molecular formula is C21H25NO2. The van der Waals surface area contributed by atoms with Crippen LogP contribution < -0.4 is 5.32 Å². The Labute approximate surface area is 144 Å². The summed E-state index contributed by atoms with van der Waals surface area (Å²) in [5.74, 6) is 0.497. The minimum atomic E-state index is -0.0355. The van der Waals surface area contributed by atoms with Crippen LogP contribution in [-0.2, 0) is 16.1 Å². The molecule has 1 aliphatic carbocycles. The highest BCUT2D eigenvalue weighted by Crippen LogP contribution is 2.35. The van der Waals surface area contributed by atoms with E-state index in [1.807, 2.05) is 48.5 Å². The molecular weight excluding hydrogens is 298 g/mol. The van der Waals surface area contributed by atoms with Crippen LogP contribution in [0, 0.1) is 5.92 Å². The van der Waals surface area contributed by atoms with Crippen LogP contribution in [0.25, 0.3) is 0 Å². The fourth-order valence-electron chi connectivity index (χ4n) is 3.48. The number of hydrogen-bond donors (Lipinski definition) is 1. The van der Waals surface area contributed by atoms with Gasteiger partial charge in [-0.1, -0.05) is 73.5 Å². The van der Waals surface area contributed by atoms with Crippen LogP contribution in [-0.4, -0.2) is 12.5 Å². The molecule has 1 atom stereocenters. The summed E-state index contributed by atoms with van der Waals surface area (Å²) in [7, 11) is 0. The van der Waals surface area contributed by atoms with Gasteiger partial charge in [0.2, 0.25) is 5.91 Å². The van der Waals surface area contributed by atoms with Crippen LogP contribution in [0.4, 0.5) is 0 Å². The Morgan fingerprint density at radius 1 is 1.00 bits per heavy atom. The van der Waals surface area contributed by atoms with Crippen molar-refractivity contribution in [3.05, 3.63) is 71.8 Å². The predicted octanol–water partition coefficient (Wildman–Crippen LogP) is 4.25. The first-order valence-corrected chi connectivity index (χ1v) is 8.79. The number of nitrogens with one attached hydrogen (secondary N) is 1. The van der Waals surface area contributed by atoms with Crippen molar-refractivity contribution in [2.24, 2.45) is 5.92 Å². The average Bonchev–Trinajstić information content (AvgIpc) is 3.16. The van der Waals surface area contributed by atoms with E-state index < -0.39 is 0 Å². The Morgan fingerprint density at radius 2 is 1.62 bits per heavy atom. The summed E-state index contributed by atoms with van der Waals surface area (Å²) < 4.78 is 5.57. The van der Waals surface area contributed by atoms with E-state index >= 15 is 0 Å². The van der Waals surface area contributed by atoms with E-state index in [0.29, 0.717) is 12.5 Å². The molecule has 0 radical (unpaired) electrons. The van der Waals surface area contributed by atoms with Gasteiger partial charge < -0.3 is 10.1 Å². The van der Waals surface area contributed by atoms with Gasteiger partial charge in [-0.15, -0.1) is 0 Å². The van der Waals surface area contributed by atoms with Crippen LogP contribution in [0.15, 0.2) is 60.7 Å². The first-order chi connectivity index (χ1) is 11.8. The number of benzene rings is 2. The molecule has 1 N–H and O–H groups in total. The second-order valence-electron chi connectivity index (χ2n) is 6.48. The lowest BCUT2D eigenvalue weighted by atomic mass is 9.91. The summed E-state index contributed by atoms with van der Waals surface area (Å²) in [6, 6.07) is 20.3. The van der Waals surface area contributed by atoms with Gasteiger partial charge in [0.1, 0.15) is 6.61 Å². The Hall–Kier alpha value is -2.13. The zero-order valence-electron chi connectivity index (χ0n) is 14.0. The quantitative estimate of drug-likeness (QED) is 0.827. The number of hydrogen-bond acceptors (Lipinski definition) is 2. The van der Waals surface area contributed by atoms with Crippen molar-refractivity contribution in [1.82, 2.24) is 5.32 Å². The summed E-state index contributed by atoms with van der Waals surface area (Å²) in [5, 5.41) is 3.20. The zero-order valence-corrected chi connectivity index (χ0v) is 14.0. The van der Waals surface area contributed by atoms with E-state index in [2.05, 4.69) is 17.4 Å². The van der Waals surface area contributed by atoms with Crippen LogP contribution >= 0.6 is 0 Å². The van der Waals surface area contributed by atoms with E-state index in [1.54, 1.807) is 0 Å². The van der Waals surface area contributed by atoms with Crippen molar-refractivity contribution >= 4 is 5.91 Å². The molecule has 2 aromatic carbocycles. The molecule has 3 rings (SSSR count). The van der Waals surface area contributed by atoms with E-state index in [1.165, 1.54) is 31.2 Å². The van der Waals surface area contributed by atoms with Gasteiger partial charge in [-0.3, -0.25) is 4.79 Å². The first-order valence-electron chi connectivity index (χ1n) is 8.79. The lowest BCUT2D eigenvalue weighted by Crippen LogP contribution is -2.35. The van der Waals surface area contributed by atoms with Crippen molar-refractivity contribution in [3.63, 3.8) is 0 Å². The monoisotopic (exact) mass is 323 g/mol. The Bertz CT molecular complexity index is 621. The number of rotatable bonds is 7. The summed E-state index contributed by atoms with van der Waals surface area (Å²) in [5.41, 5.74) is 2.28. The van der Waals surface area contributed by atoms with Crippen molar-refractivity contribution < 1.29 is 9.53 Å². The van der Waals surface area contributed by atoms with Crippen LogP contribution in [0.5, 0.6) is 0 Å². The number of amides is 1. The molecule has 126 valence electrons. The molecule has 1 fully saturated rings. The fraction of sp³-hybridized carbons (Fsp3) is 0.381. The second-order valence-corrected chi connectivity index (χ2v) is 6.48. The maximum atomic E-state index is 12.3. The number of carbonyl (C=O) groups is 1. The number of carbonyl (C=O) groups excluding carboxylic acids is 1. The third kappa shape index (κ3) is 4.68. The molecule has 1 saturated carbocycles. The molecule has 0 heterocycles. The first kappa shape index (κ1) is 16.7. The third-order valence-electron chi connectivity index (χ3n) is 4.69. The standard InChI is InChI=1S/C21H25NO2/c23-20(16-24-15-17-9-3-1-4-10-17)22-21(19-13-7-8-14-19)18-11-5-2-6-12-18/h1-6,9-12,19,21H,7-8,13-16H2,(H,22,23). The van der Waals surface area contributed by atoms with Crippen molar-refractivity contribution in [1.29, 1.82) is 0 Å². The average molecular weight is 323 g/mol. The van der Waals surface area contributed by atoms with Gasteiger partial charge in [0.05, 0.1) is 12.6 Å². The second kappa shape index (κ2) is 8.65. The normalized spacial score (nSPS) is 16.0.